The lowest BCUT2D eigenvalue weighted by Gasteiger charge is -2.38. The molecule has 0 radical (unpaired) electrons. The highest BCUT2D eigenvalue weighted by Gasteiger charge is 2.36. The molecule has 8 heteroatoms. The first-order chi connectivity index (χ1) is 14.0. The Morgan fingerprint density at radius 1 is 0.966 bits per heavy atom. The van der Waals surface area contributed by atoms with E-state index in [-0.39, 0.29) is 29.9 Å². The molecule has 1 saturated heterocycles. The monoisotopic (exact) mass is 417 g/mol. The van der Waals surface area contributed by atoms with Crippen molar-refractivity contribution in [3.8, 4) is 0 Å². The summed E-state index contributed by atoms with van der Waals surface area (Å²) in [7, 11) is -3.90. The van der Waals surface area contributed by atoms with E-state index >= 15 is 0 Å². The molecular weight excluding hydrogens is 393 g/mol. The summed E-state index contributed by atoms with van der Waals surface area (Å²) in [5.74, 6) is -0.801. The third-order valence-corrected chi connectivity index (χ3v) is 7.31. The van der Waals surface area contributed by atoms with E-state index in [4.69, 9.17) is 0 Å². The van der Waals surface area contributed by atoms with Crippen LogP contribution in [0.25, 0.3) is 0 Å². The van der Waals surface area contributed by atoms with E-state index in [1.807, 2.05) is 35.2 Å². The fourth-order valence-electron chi connectivity index (χ4n) is 3.67. The normalized spacial score (nSPS) is 19.6. The van der Waals surface area contributed by atoms with Crippen LogP contribution in [0.1, 0.15) is 24.4 Å². The molecule has 2 aromatic carbocycles. The molecule has 154 valence electrons. The first-order valence-electron chi connectivity index (χ1n) is 9.81. The second-order valence-corrected chi connectivity index (χ2v) is 9.37. The van der Waals surface area contributed by atoms with Crippen LogP contribution in [0, 0.1) is 5.82 Å². The number of rotatable bonds is 6. The molecule has 4 rings (SSSR count). The lowest BCUT2D eigenvalue weighted by Crippen LogP contribution is -2.52. The maximum absolute atomic E-state index is 14.0. The van der Waals surface area contributed by atoms with E-state index in [2.05, 4.69) is 5.32 Å². The first-order valence-corrected chi connectivity index (χ1v) is 11.2. The van der Waals surface area contributed by atoms with E-state index in [0.29, 0.717) is 13.1 Å². The van der Waals surface area contributed by atoms with Gasteiger partial charge in [-0.1, -0.05) is 42.5 Å². The van der Waals surface area contributed by atoms with Crippen LogP contribution in [-0.4, -0.2) is 55.8 Å². The number of halogens is 1. The van der Waals surface area contributed by atoms with Crippen molar-refractivity contribution >= 4 is 15.9 Å². The van der Waals surface area contributed by atoms with Gasteiger partial charge in [0.1, 0.15) is 16.8 Å². The molecule has 0 bridgehead atoms. The molecule has 1 aliphatic heterocycles. The largest absolute Gasteiger partial charge is 0.352 e. The van der Waals surface area contributed by atoms with Crippen molar-refractivity contribution in [2.75, 3.05) is 26.2 Å². The summed E-state index contributed by atoms with van der Waals surface area (Å²) in [6, 6.07) is 14.7. The fourth-order valence-corrected chi connectivity index (χ4v) is 5.15. The van der Waals surface area contributed by atoms with E-state index in [1.54, 1.807) is 0 Å². The van der Waals surface area contributed by atoms with Gasteiger partial charge in [0.15, 0.2) is 0 Å². The summed E-state index contributed by atoms with van der Waals surface area (Å²) in [6.45, 7) is 1.20. The molecule has 0 spiro atoms. The zero-order valence-electron chi connectivity index (χ0n) is 16.0. The van der Waals surface area contributed by atoms with Gasteiger partial charge in [-0.05, 0) is 30.5 Å². The maximum atomic E-state index is 14.0. The second kappa shape index (κ2) is 8.22. The number of carbonyl (C=O) groups is 1. The highest BCUT2D eigenvalue weighted by atomic mass is 32.2. The van der Waals surface area contributed by atoms with Crippen LogP contribution in [0.15, 0.2) is 59.5 Å². The van der Waals surface area contributed by atoms with Gasteiger partial charge in [0.2, 0.25) is 15.9 Å². The predicted molar refractivity (Wildman–Crippen MR) is 107 cm³/mol. The Morgan fingerprint density at radius 2 is 1.59 bits per heavy atom. The van der Waals surface area contributed by atoms with Crippen molar-refractivity contribution in [2.45, 2.75) is 29.8 Å². The smallest absolute Gasteiger partial charge is 0.246 e. The maximum Gasteiger partial charge on any atom is 0.246 e. The Morgan fingerprint density at radius 3 is 2.21 bits per heavy atom. The molecule has 1 atom stereocenters. The predicted octanol–water partition coefficient (Wildman–Crippen LogP) is 2.15. The van der Waals surface area contributed by atoms with Gasteiger partial charge in [0.05, 0.1) is 0 Å². The average molecular weight is 418 g/mol. The van der Waals surface area contributed by atoms with Gasteiger partial charge >= 0.3 is 0 Å². The molecule has 1 N–H and O–H groups in total. The zero-order chi connectivity index (χ0) is 20.4. The van der Waals surface area contributed by atoms with Crippen LogP contribution in [0.2, 0.25) is 0 Å². The lowest BCUT2D eigenvalue weighted by molar-refractivity contribution is -0.127. The lowest BCUT2D eigenvalue weighted by atomic mass is 10.0. The number of sulfonamides is 1. The Hall–Kier alpha value is -2.29. The van der Waals surface area contributed by atoms with Gasteiger partial charge in [0, 0.05) is 32.2 Å². The molecule has 1 heterocycles. The van der Waals surface area contributed by atoms with Crippen LogP contribution in [0.4, 0.5) is 4.39 Å². The highest BCUT2D eigenvalue weighted by Crippen LogP contribution is 2.27. The molecule has 1 unspecified atom stereocenters. The Balaban J connectivity index is 1.50. The van der Waals surface area contributed by atoms with E-state index in [9.17, 15) is 17.6 Å². The number of nitrogens with zero attached hydrogens (tertiary/aromatic N) is 2. The molecule has 1 aliphatic carbocycles. The van der Waals surface area contributed by atoms with Crippen molar-refractivity contribution < 1.29 is 17.6 Å². The molecular formula is C21H24FN3O3S. The summed E-state index contributed by atoms with van der Waals surface area (Å²) in [5, 5.41) is 3.06. The fraction of sp³-hybridized carbons (Fsp3) is 0.381. The second-order valence-electron chi connectivity index (χ2n) is 7.47. The minimum atomic E-state index is -3.90. The van der Waals surface area contributed by atoms with Crippen LogP contribution >= 0.6 is 0 Å². The Bertz CT molecular complexity index is 972. The number of benzene rings is 2. The summed E-state index contributed by atoms with van der Waals surface area (Å²) < 4.78 is 41.0. The van der Waals surface area contributed by atoms with Crippen molar-refractivity contribution in [3.63, 3.8) is 0 Å². The van der Waals surface area contributed by atoms with E-state index in [1.165, 1.54) is 22.5 Å². The SMILES string of the molecule is O=C(NC1CC1)C(c1ccccc1)N1CCN(S(=O)(=O)c2ccccc2F)CC1. The standard InChI is InChI=1S/C21H24FN3O3S/c22-18-8-4-5-9-19(18)29(27,28)25-14-12-24(13-15-25)20(16-6-2-1-3-7-16)21(26)23-17-10-11-17/h1-9,17,20H,10-15H2,(H,23,26). The van der Waals surface area contributed by atoms with Gasteiger partial charge in [-0.3, -0.25) is 9.69 Å². The third-order valence-electron chi connectivity index (χ3n) is 5.38. The molecule has 0 aromatic heterocycles. The number of hydrogen-bond acceptors (Lipinski definition) is 4. The third kappa shape index (κ3) is 4.34. The Labute approximate surface area is 170 Å². The highest BCUT2D eigenvalue weighted by molar-refractivity contribution is 7.89. The molecule has 1 saturated carbocycles. The van der Waals surface area contributed by atoms with E-state index < -0.39 is 21.9 Å². The van der Waals surface area contributed by atoms with Crippen LogP contribution in [0.3, 0.4) is 0 Å². The zero-order valence-corrected chi connectivity index (χ0v) is 16.8. The molecule has 2 aliphatic rings. The number of nitrogens with one attached hydrogen (secondary N) is 1. The van der Waals surface area contributed by atoms with Crippen LogP contribution in [0.5, 0.6) is 0 Å². The van der Waals surface area contributed by atoms with E-state index in [0.717, 1.165) is 24.5 Å². The molecule has 2 aromatic rings. The summed E-state index contributed by atoms with van der Waals surface area (Å²) >= 11 is 0. The van der Waals surface area contributed by atoms with Gasteiger partial charge in [0.25, 0.3) is 0 Å². The number of piperazine rings is 1. The van der Waals surface area contributed by atoms with Crippen molar-refractivity contribution in [2.24, 2.45) is 0 Å². The van der Waals surface area contributed by atoms with Crippen molar-refractivity contribution in [3.05, 3.63) is 66.0 Å². The number of hydrogen-bond donors (Lipinski definition) is 1. The quantitative estimate of drug-likeness (QED) is 0.782. The average Bonchev–Trinajstić information content (AvgIpc) is 3.53. The van der Waals surface area contributed by atoms with Crippen LogP contribution < -0.4 is 5.32 Å². The summed E-state index contributed by atoms with van der Waals surface area (Å²) in [4.78, 5) is 14.6. The molecule has 29 heavy (non-hydrogen) atoms. The molecule has 2 fully saturated rings. The summed E-state index contributed by atoms with van der Waals surface area (Å²) in [5.41, 5.74) is 0.885. The topological polar surface area (TPSA) is 69.7 Å². The van der Waals surface area contributed by atoms with Gasteiger partial charge in [-0.15, -0.1) is 0 Å². The van der Waals surface area contributed by atoms with Crippen molar-refractivity contribution in [1.29, 1.82) is 0 Å². The van der Waals surface area contributed by atoms with Crippen molar-refractivity contribution in [1.82, 2.24) is 14.5 Å². The molecule has 6 nitrogen and oxygen atoms in total. The van der Waals surface area contributed by atoms with Gasteiger partial charge in [-0.2, -0.15) is 4.31 Å². The first kappa shape index (κ1) is 20.0. The van der Waals surface area contributed by atoms with Gasteiger partial charge < -0.3 is 5.32 Å². The number of amides is 1. The Kier molecular flexibility index (Phi) is 5.67. The van der Waals surface area contributed by atoms with Crippen LogP contribution in [-0.2, 0) is 14.8 Å². The number of carbonyl (C=O) groups excluding carboxylic acids is 1. The minimum absolute atomic E-state index is 0.0517. The van der Waals surface area contributed by atoms with Gasteiger partial charge in [-0.25, -0.2) is 12.8 Å². The minimum Gasteiger partial charge on any atom is -0.352 e. The molecule has 1 amide bonds. The summed E-state index contributed by atoms with van der Waals surface area (Å²) in [6.07, 6.45) is 2.00.